The first kappa shape index (κ1) is 17.3. The number of benzene rings is 1. The van der Waals surface area contributed by atoms with Crippen LogP contribution in [0.1, 0.15) is 58.7 Å². The molecular weight excluding hydrogens is 288 g/mol. The highest BCUT2D eigenvalue weighted by Gasteiger charge is 2.26. The number of carbonyl (C=O) groups excluding carboxylic acids is 1. The van der Waals surface area contributed by atoms with E-state index in [0.29, 0.717) is 0 Å². The number of imidazole rings is 1. The second kappa shape index (κ2) is 6.99. The molecule has 124 valence electrons. The van der Waals surface area contributed by atoms with Crippen LogP contribution < -0.4 is 0 Å². The van der Waals surface area contributed by atoms with Crippen molar-refractivity contribution in [3.05, 3.63) is 42.7 Å². The highest BCUT2D eigenvalue weighted by atomic mass is 16.6. The fraction of sp³-hybridized carbons (Fsp3) is 0.474. The predicted octanol–water partition coefficient (Wildman–Crippen LogP) is 5.28. The summed E-state index contributed by atoms with van der Waals surface area (Å²) in [5, 5.41) is 0. The Bertz CT molecular complexity index is 695. The van der Waals surface area contributed by atoms with Crippen molar-refractivity contribution in [3.8, 4) is 0 Å². The summed E-state index contributed by atoms with van der Waals surface area (Å²) in [4.78, 5) is 17.5. The maximum atomic E-state index is 12.7. The first-order valence-corrected chi connectivity index (χ1v) is 8.19. The van der Waals surface area contributed by atoms with Gasteiger partial charge in [-0.15, -0.1) is 6.58 Å². The van der Waals surface area contributed by atoms with Crippen LogP contribution in [0.25, 0.3) is 11.0 Å². The zero-order valence-electron chi connectivity index (χ0n) is 14.5. The van der Waals surface area contributed by atoms with E-state index < -0.39 is 5.60 Å². The number of fused-ring (bicyclic) bond motifs is 1. The molecule has 0 N–H and O–H groups in total. The standard InChI is InChI=1S/C19H26N2O2/c1-6-10-14(11-7-2)17-20-15-12-8-9-13-16(15)21(17)18(22)23-19(3,4)5/h6,8-9,12-14H,1,7,10-11H2,2-5H3. The maximum Gasteiger partial charge on any atom is 0.420 e. The molecule has 0 bridgehead atoms. The minimum Gasteiger partial charge on any atom is -0.443 e. The Balaban J connectivity index is 2.56. The molecule has 0 aliphatic carbocycles. The van der Waals surface area contributed by atoms with Gasteiger partial charge in [0.1, 0.15) is 11.4 Å². The number of aromatic nitrogens is 2. The molecule has 4 heteroatoms. The summed E-state index contributed by atoms with van der Waals surface area (Å²) < 4.78 is 7.22. The van der Waals surface area contributed by atoms with Crippen LogP contribution in [0.3, 0.4) is 0 Å². The Morgan fingerprint density at radius 1 is 1.39 bits per heavy atom. The molecule has 0 spiro atoms. The molecule has 0 aliphatic heterocycles. The van der Waals surface area contributed by atoms with E-state index in [2.05, 4.69) is 13.5 Å². The molecule has 0 aliphatic rings. The number of rotatable bonds is 5. The normalized spacial score (nSPS) is 13.0. The Labute approximate surface area is 138 Å². The van der Waals surface area contributed by atoms with Crippen LogP contribution in [0.5, 0.6) is 0 Å². The molecule has 1 aromatic heterocycles. The van der Waals surface area contributed by atoms with Crippen molar-refractivity contribution in [2.75, 3.05) is 0 Å². The molecule has 0 saturated heterocycles. The summed E-state index contributed by atoms with van der Waals surface area (Å²) in [6.07, 6.45) is 4.29. The topological polar surface area (TPSA) is 44.1 Å². The molecule has 1 heterocycles. The largest absolute Gasteiger partial charge is 0.443 e. The monoisotopic (exact) mass is 314 g/mol. The number of hydrogen-bond acceptors (Lipinski definition) is 3. The first-order valence-electron chi connectivity index (χ1n) is 8.19. The second-order valence-corrected chi connectivity index (χ2v) is 6.78. The van der Waals surface area contributed by atoms with E-state index in [1.807, 2.05) is 51.1 Å². The maximum absolute atomic E-state index is 12.7. The molecule has 1 aromatic carbocycles. The zero-order chi connectivity index (χ0) is 17.0. The van der Waals surface area contributed by atoms with Crippen molar-refractivity contribution in [3.63, 3.8) is 0 Å². The summed E-state index contributed by atoms with van der Waals surface area (Å²) in [7, 11) is 0. The van der Waals surface area contributed by atoms with E-state index in [1.54, 1.807) is 4.57 Å². The minimum absolute atomic E-state index is 0.164. The highest BCUT2D eigenvalue weighted by molar-refractivity contribution is 5.87. The van der Waals surface area contributed by atoms with Crippen molar-refractivity contribution >= 4 is 17.1 Å². The molecule has 0 saturated carbocycles. The van der Waals surface area contributed by atoms with Crippen LogP contribution in [0, 0.1) is 0 Å². The SMILES string of the molecule is C=CCC(CCC)c1nc2ccccc2n1C(=O)OC(C)(C)C. The van der Waals surface area contributed by atoms with Gasteiger partial charge in [-0.1, -0.05) is 31.6 Å². The zero-order valence-corrected chi connectivity index (χ0v) is 14.5. The van der Waals surface area contributed by atoms with E-state index in [0.717, 1.165) is 36.1 Å². The number of para-hydroxylation sites is 2. The lowest BCUT2D eigenvalue weighted by Crippen LogP contribution is -2.28. The summed E-state index contributed by atoms with van der Waals surface area (Å²) in [6.45, 7) is 11.6. The molecule has 2 aromatic rings. The van der Waals surface area contributed by atoms with Gasteiger partial charge in [-0.05, 0) is 45.7 Å². The average molecular weight is 314 g/mol. The second-order valence-electron chi connectivity index (χ2n) is 6.78. The van der Waals surface area contributed by atoms with E-state index in [4.69, 9.17) is 9.72 Å². The first-order chi connectivity index (χ1) is 10.9. The lowest BCUT2D eigenvalue weighted by molar-refractivity contribution is 0.0536. The van der Waals surface area contributed by atoms with Crippen LogP contribution in [0.4, 0.5) is 4.79 Å². The highest BCUT2D eigenvalue weighted by Crippen LogP contribution is 2.29. The van der Waals surface area contributed by atoms with Gasteiger partial charge in [0.05, 0.1) is 11.0 Å². The summed E-state index contributed by atoms with van der Waals surface area (Å²) in [5.74, 6) is 0.930. The van der Waals surface area contributed by atoms with Crippen LogP contribution in [-0.4, -0.2) is 21.2 Å². The van der Waals surface area contributed by atoms with E-state index >= 15 is 0 Å². The van der Waals surface area contributed by atoms with Crippen molar-refractivity contribution in [1.29, 1.82) is 0 Å². The van der Waals surface area contributed by atoms with Crippen molar-refractivity contribution < 1.29 is 9.53 Å². The fourth-order valence-corrected chi connectivity index (χ4v) is 2.72. The van der Waals surface area contributed by atoms with Crippen LogP contribution in [-0.2, 0) is 4.74 Å². The van der Waals surface area contributed by atoms with Gasteiger partial charge in [0.15, 0.2) is 0 Å². The van der Waals surface area contributed by atoms with Crippen molar-refractivity contribution in [1.82, 2.24) is 9.55 Å². The number of allylic oxidation sites excluding steroid dienone is 1. The molecule has 0 amide bonds. The average Bonchev–Trinajstić information content (AvgIpc) is 2.84. The minimum atomic E-state index is -0.543. The third-order valence-corrected chi connectivity index (χ3v) is 3.62. The fourth-order valence-electron chi connectivity index (χ4n) is 2.72. The summed E-state index contributed by atoms with van der Waals surface area (Å²) in [5.41, 5.74) is 1.07. The number of ether oxygens (including phenoxy) is 1. The molecule has 4 nitrogen and oxygen atoms in total. The smallest absolute Gasteiger partial charge is 0.420 e. The number of carbonyl (C=O) groups is 1. The van der Waals surface area contributed by atoms with Gasteiger partial charge in [0.25, 0.3) is 0 Å². The van der Waals surface area contributed by atoms with Crippen LogP contribution in [0.2, 0.25) is 0 Å². The van der Waals surface area contributed by atoms with Gasteiger partial charge in [-0.2, -0.15) is 0 Å². The van der Waals surface area contributed by atoms with E-state index in [-0.39, 0.29) is 12.0 Å². The van der Waals surface area contributed by atoms with Gasteiger partial charge >= 0.3 is 6.09 Å². The Hall–Kier alpha value is -2.10. The molecule has 0 radical (unpaired) electrons. The Morgan fingerprint density at radius 3 is 2.70 bits per heavy atom. The molecule has 2 rings (SSSR count). The van der Waals surface area contributed by atoms with Crippen molar-refractivity contribution in [2.24, 2.45) is 0 Å². The van der Waals surface area contributed by atoms with Gasteiger partial charge in [-0.3, -0.25) is 0 Å². The number of hydrogen-bond donors (Lipinski definition) is 0. The lowest BCUT2D eigenvalue weighted by Gasteiger charge is -2.22. The molecule has 1 atom stereocenters. The van der Waals surface area contributed by atoms with Crippen LogP contribution >= 0.6 is 0 Å². The van der Waals surface area contributed by atoms with Crippen LogP contribution in [0.15, 0.2) is 36.9 Å². The number of nitrogens with zero attached hydrogens (tertiary/aromatic N) is 2. The van der Waals surface area contributed by atoms with Crippen molar-refractivity contribution in [2.45, 2.75) is 58.5 Å². The van der Waals surface area contributed by atoms with Gasteiger partial charge in [0, 0.05) is 5.92 Å². The van der Waals surface area contributed by atoms with E-state index in [1.165, 1.54) is 0 Å². The van der Waals surface area contributed by atoms with Gasteiger partial charge < -0.3 is 4.74 Å². The molecule has 0 fully saturated rings. The Kier molecular flexibility index (Phi) is 5.24. The quantitative estimate of drug-likeness (QED) is 0.705. The van der Waals surface area contributed by atoms with Gasteiger partial charge in [0.2, 0.25) is 0 Å². The third kappa shape index (κ3) is 4.01. The lowest BCUT2D eigenvalue weighted by atomic mass is 9.99. The van der Waals surface area contributed by atoms with Gasteiger partial charge in [-0.25, -0.2) is 14.3 Å². The predicted molar refractivity (Wildman–Crippen MR) is 93.8 cm³/mol. The molecular formula is C19H26N2O2. The molecule has 23 heavy (non-hydrogen) atoms. The summed E-state index contributed by atoms with van der Waals surface area (Å²) >= 11 is 0. The van der Waals surface area contributed by atoms with E-state index in [9.17, 15) is 4.79 Å². The Morgan fingerprint density at radius 2 is 2.09 bits per heavy atom. The summed E-state index contributed by atoms with van der Waals surface area (Å²) in [6, 6.07) is 7.68. The molecule has 1 unspecified atom stereocenters. The third-order valence-electron chi connectivity index (χ3n) is 3.62.